The number of rotatable bonds is 8. The lowest BCUT2D eigenvalue weighted by Gasteiger charge is -2.21. The van der Waals surface area contributed by atoms with E-state index in [1.807, 2.05) is 0 Å². The highest BCUT2D eigenvalue weighted by molar-refractivity contribution is 5.18. The van der Waals surface area contributed by atoms with E-state index in [0.717, 1.165) is 25.9 Å². The van der Waals surface area contributed by atoms with Gasteiger partial charge in [-0.15, -0.1) is 0 Å². The van der Waals surface area contributed by atoms with Crippen LogP contribution in [0.25, 0.3) is 0 Å². The standard InChI is InChI=1S/C15H26N2/c1-13(2)12-15(17-11-7-6-10-16)14-8-4-3-5-9-14/h3-5,8-9,13,15,17H,6-7,10-12,16H2,1-2H3. The fraction of sp³-hybridized carbons (Fsp3) is 0.600. The van der Waals surface area contributed by atoms with Gasteiger partial charge in [-0.05, 0) is 43.8 Å². The van der Waals surface area contributed by atoms with E-state index in [2.05, 4.69) is 49.5 Å². The van der Waals surface area contributed by atoms with Gasteiger partial charge in [-0.25, -0.2) is 0 Å². The van der Waals surface area contributed by atoms with Gasteiger partial charge in [0.25, 0.3) is 0 Å². The maximum atomic E-state index is 5.51. The van der Waals surface area contributed by atoms with Gasteiger partial charge in [0.05, 0.1) is 0 Å². The van der Waals surface area contributed by atoms with Crippen LogP contribution in [-0.2, 0) is 0 Å². The minimum Gasteiger partial charge on any atom is -0.330 e. The molecule has 0 saturated heterocycles. The summed E-state index contributed by atoms with van der Waals surface area (Å²) in [5, 5.41) is 3.65. The summed E-state index contributed by atoms with van der Waals surface area (Å²) in [4.78, 5) is 0. The summed E-state index contributed by atoms with van der Waals surface area (Å²) >= 11 is 0. The maximum Gasteiger partial charge on any atom is 0.0322 e. The third kappa shape index (κ3) is 5.85. The Morgan fingerprint density at radius 1 is 1.12 bits per heavy atom. The van der Waals surface area contributed by atoms with Crippen LogP contribution in [0.3, 0.4) is 0 Å². The van der Waals surface area contributed by atoms with Crippen molar-refractivity contribution < 1.29 is 0 Å². The SMILES string of the molecule is CC(C)CC(NCCCCN)c1ccccc1. The van der Waals surface area contributed by atoms with Crippen LogP contribution in [0.4, 0.5) is 0 Å². The lowest BCUT2D eigenvalue weighted by molar-refractivity contribution is 0.425. The number of hydrogen-bond acceptors (Lipinski definition) is 2. The van der Waals surface area contributed by atoms with Crippen LogP contribution in [-0.4, -0.2) is 13.1 Å². The second kappa shape index (κ2) is 8.26. The average molecular weight is 234 g/mol. The van der Waals surface area contributed by atoms with Crippen LogP contribution in [0.1, 0.15) is 44.7 Å². The van der Waals surface area contributed by atoms with Crippen molar-refractivity contribution in [1.82, 2.24) is 5.32 Å². The van der Waals surface area contributed by atoms with Gasteiger partial charge in [0.15, 0.2) is 0 Å². The summed E-state index contributed by atoms with van der Waals surface area (Å²) in [6, 6.07) is 11.2. The molecule has 1 atom stereocenters. The summed E-state index contributed by atoms with van der Waals surface area (Å²) in [7, 11) is 0. The zero-order chi connectivity index (χ0) is 12.5. The second-order valence-corrected chi connectivity index (χ2v) is 5.04. The van der Waals surface area contributed by atoms with Gasteiger partial charge in [0.2, 0.25) is 0 Å². The van der Waals surface area contributed by atoms with Crippen molar-refractivity contribution in [2.75, 3.05) is 13.1 Å². The lowest BCUT2D eigenvalue weighted by Crippen LogP contribution is -2.24. The molecule has 1 unspecified atom stereocenters. The molecule has 0 heterocycles. The fourth-order valence-corrected chi connectivity index (χ4v) is 2.04. The highest BCUT2D eigenvalue weighted by Gasteiger charge is 2.11. The van der Waals surface area contributed by atoms with Crippen LogP contribution in [0, 0.1) is 5.92 Å². The van der Waals surface area contributed by atoms with E-state index in [1.165, 1.54) is 12.0 Å². The van der Waals surface area contributed by atoms with Crippen molar-refractivity contribution in [2.24, 2.45) is 11.7 Å². The molecular formula is C15H26N2. The van der Waals surface area contributed by atoms with Crippen LogP contribution in [0.15, 0.2) is 30.3 Å². The summed E-state index contributed by atoms with van der Waals surface area (Å²) < 4.78 is 0. The molecule has 0 bridgehead atoms. The van der Waals surface area contributed by atoms with E-state index in [1.54, 1.807) is 0 Å². The lowest BCUT2D eigenvalue weighted by atomic mass is 9.97. The Bertz CT molecular complexity index is 282. The number of nitrogens with two attached hydrogens (primary N) is 1. The molecule has 3 N–H and O–H groups in total. The molecule has 0 aliphatic heterocycles. The Kier molecular flexibility index (Phi) is 6.90. The number of nitrogens with one attached hydrogen (secondary N) is 1. The molecule has 0 saturated carbocycles. The molecule has 0 aliphatic carbocycles. The van der Waals surface area contributed by atoms with Crippen LogP contribution >= 0.6 is 0 Å². The average Bonchev–Trinajstić information content (AvgIpc) is 2.34. The normalized spacial score (nSPS) is 12.9. The largest absolute Gasteiger partial charge is 0.330 e. The first-order chi connectivity index (χ1) is 8.24. The highest BCUT2D eigenvalue weighted by atomic mass is 14.9. The summed E-state index contributed by atoms with van der Waals surface area (Å²) in [6.07, 6.45) is 3.46. The quantitative estimate of drug-likeness (QED) is 0.678. The van der Waals surface area contributed by atoms with Gasteiger partial charge in [-0.2, -0.15) is 0 Å². The Balaban J connectivity index is 2.49. The zero-order valence-electron chi connectivity index (χ0n) is 11.2. The number of benzene rings is 1. The molecule has 2 heteroatoms. The third-order valence-corrected chi connectivity index (χ3v) is 2.93. The molecule has 0 fully saturated rings. The Labute approximate surface area is 106 Å². The Morgan fingerprint density at radius 2 is 1.82 bits per heavy atom. The number of unbranched alkanes of at least 4 members (excludes halogenated alkanes) is 1. The van der Waals surface area contributed by atoms with E-state index in [4.69, 9.17) is 5.73 Å². The molecule has 0 aliphatic rings. The molecular weight excluding hydrogens is 208 g/mol. The first-order valence-corrected chi connectivity index (χ1v) is 6.72. The van der Waals surface area contributed by atoms with Gasteiger partial charge < -0.3 is 11.1 Å². The van der Waals surface area contributed by atoms with Gasteiger partial charge in [0.1, 0.15) is 0 Å². The van der Waals surface area contributed by atoms with Gasteiger partial charge in [-0.3, -0.25) is 0 Å². The monoisotopic (exact) mass is 234 g/mol. The van der Waals surface area contributed by atoms with Crippen LogP contribution in [0.2, 0.25) is 0 Å². The Morgan fingerprint density at radius 3 is 2.41 bits per heavy atom. The first kappa shape index (κ1) is 14.2. The van der Waals surface area contributed by atoms with Crippen molar-refractivity contribution in [3.05, 3.63) is 35.9 Å². The van der Waals surface area contributed by atoms with Crippen molar-refractivity contribution >= 4 is 0 Å². The fourth-order valence-electron chi connectivity index (χ4n) is 2.04. The van der Waals surface area contributed by atoms with E-state index >= 15 is 0 Å². The second-order valence-electron chi connectivity index (χ2n) is 5.04. The minimum absolute atomic E-state index is 0.481. The summed E-state index contributed by atoms with van der Waals surface area (Å²) in [5.74, 6) is 0.710. The van der Waals surface area contributed by atoms with Crippen LogP contribution < -0.4 is 11.1 Å². The molecule has 0 amide bonds. The smallest absolute Gasteiger partial charge is 0.0322 e. The van der Waals surface area contributed by atoms with Crippen molar-refractivity contribution in [3.8, 4) is 0 Å². The van der Waals surface area contributed by atoms with E-state index in [0.29, 0.717) is 12.0 Å². The molecule has 17 heavy (non-hydrogen) atoms. The third-order valence-electron chi connectivity index (χ3n) is 2.93. The van der Waals surface area contributed by atoms with E-state index in [9.17, 15) is 0 Å². The van der Waals surface area contributed by atoms with Gasteiger partial charge >= 0.3 is 0 Å². The highest BCUT2D eigenvalue weighted by Crippen LogP contribution is 2.20. The van der Waals surface area contributed by atoms with Gasteiger partial charge in [-0.1, -0.05) is 44.2 Å². The minimum atomic E-state index is 0.481. The summed E-state index contributed by atoms with van der Waals surface area (Å²) in [5.41, 5.74) is 6.91. The number of hydrogen-bond donors (Lipinski definition) is 2. The van der Waals surface area contributed by atoms with E-state index in [-0.39, 0.29) is 0 Å². The molecule has 1 aromatic rings. The molecule has 96 valence electrons. The zero-order valence-corrected chi connectivity index (χ0v) is 11.2. The predicted octanol–water partition coefficient (Wildman–Crippen LogP) is 3.10. The van der Waals surface area contributed by atoms with Crippen molar-refractivity contribution in [2.45, 2.75) is 39.2 Å². The van der Waals surface area contributed by atoms with Crippen LogP contribution in [0.5, 0.6) is 0 Å². The Hall–Kier alpha value is -0.860. The molecule has 2 nitrogen and oxygen atoms in total. The van der Waals surface area contributed by atoms with Crippen molar-refractivity contribution in [1.29, 1.82) is 0 Å². The van der Waals surface area contributed by atoms with E-state index < -0.39 is 0 Å². The maximum absolute atomic E-state index is 5.51. The molecule has 0 spiro atoms. The molecule has 0 radical (unpaired) electrons. The predicted molar refractivity (Wildman–Crippen MR) is 74.9 cm³/mol. The molecule has 0 aromatic heterocycles. The first-order valence-electron chi connectivity index (χ1n) is 6.72. The van der Waals surface area contributed by atoms with Gasteiger partial charge in [0, 0.05) is 6.04 Å². The van der Waals surface area contributed by atoms with Crippen molar-refractivity contribution in [3.63, 3.8) is 0 Å². The molecule has 1 rings (SSSR count). The molecule has 1 aromatic carbocycles. The topological polar surface area (TPSA) is 38.0 Å². The summed E-state index contributed by atoms with van der Waals surface area (Å²) in [6.45, 7) is 6.40.